The number of para-hydroxylation sites is 1. The van der Waals surface area contributed by atoms with Crippen LogP contribution in [0.2, 0.25) is 0 Å². The molecule has 118 valence electrons. The van der Waals surface area contributed by atoms with Gasteiger partial charge in [0.1, 0.15) is 23.6 Å². The first-order chi connectivity index (χ1) is 11.2. The van der Waals surface area contributed by atoms with Gasteiger partial charge in [-0.15, -0.1) is 0 Å². The molecule has 0 saturated carbocycles. The molecule has 0 amide bonds. The van der Waals surface area contributed by atoms with Crippen LogP contribution in [0.25, 0.3) is 10.9 Å². The molecule has 23 heavy (non-hydrogen) atoms. The Balaban J connectivity index is 1.93. The average Bonchev–Trinajstić information content (AvgIpc) is 2.61. The largest absolute Gasteiger partial charge is 0.497 e. The lowest BCUT2D eigenvalue weighted by atomic mass is 10.1. The van der Waals surface area contributed by atoms with E-state index < -0.39 is 0 Å². The summed E-state index contributed by atoms with van der Waals surface area (Å²) in [5, 5.41) is 4.44. The normalized spacial score (nSPS) is 12.0. The number of nitrogens with one attached hydrogen (secondary N) is 1. The first-order valence-corrected chi connectivity index (χ1v) is 7.41. The van der Waals surface area contributed by atoms with Crippen LogP contribution >= 0.6 is 0 Å². The molecule has 0 spiro atoms. The van der Waals surface area contributed by atoms with E-state index in [1.807, 2.05) is 42.5 Å². The molecule has 1 N–H and O–H groups in total. The molecule has 0 fully saturated rings. The molecule has 0 aliphatic carbocycles. The molecule has 1 aromatic heterocycles. The van der Waals surface area contributed by atoms with Crippen molar-refractivity contribution in [2.24, 2.45) is 0 Å². The molecular weight excluding hydrogens is 290 g/mol. The highest BCUT2D eigenvalue weighted by atomic mass is 16.5. The number of hydrogen-bond acceptors (Lipinski definition) is 5. The number of methoxy groups -OCH3 is 2. The average molecular weight is 309 g/mol. The minimum absolute atomic E-state index is 0.0224. The van der Waals surface area contributed by atoms with E-state index in [9.17, 15) is 0 Å². The van der Waals surface area contributed by atoms with Crippen LogP contribution in [0.15, 0.2) is 48.8 Å². The number of ether oxygens (including phenoxy) is 2. The summed E-state index contributed by atoms with van der Waals surface area (Å²) in [6.07, 6.45) is 1.57. The van der Waals surface area contributed by atoms with Crippen LogP contribution in [0.4, 0.5) is 5.82 Å². The lowest BCUT2D eigenvalue weighted by Gasteiger charge is -2.19. The smallest absolute Gasteiger partial charge is 0.137 e. The predicted molar refractivity (Wildman–Crippen MR) is 91.1 cm³/mol. The Kier molecular flexibility index (Phi) is 4.28. The highest BCUT2D eigenvalue weighted by Crippen LogP contribution is 2.32. The third kappa shape index (κ3) is 3.04. The van der Waals surface area contributed by atoms with E-state index in [1.54, 1.807) is 20.5 Å². The molecule has 0 saturated heterocycles. The molecule has 0 aliphatic rings. The summed E-state index contributed by atoms with van der Waals surface area (Å²) in [5.41, 5.74) is 1.95. The summed E-state index contributed by atoms with van der Waals surface area (Å²) >= 11 is 0. The van der Waals surface area contributed by atoms with Gasteiger partial charge in [0, 0.05) is 17.0 Å². The van der Waals surface area contributed by atoms with Crippen molar-refractivity contribution in [2.45, 2.75) is 13.0 Å². The third-order valence-corrected chi connectivity index (χ3v) is 3.80. The highest BCUT2D eigenvalue weighted by Gasteiger charge is 2.14. The molecule has 1 atom stereocenters. The zero-order valence-corrected chi connectivity index (χ0v) is 13.4. The van der Waals surface area contributed by atoms with Gasteiger partial charge in [0.15, 0.2) is 0 Å². The fraction of sp³-hybridized carbons (Fsp3) is 0.222. The number of fused-ring (bicyclic) bond motifs is 1. The van der Waals surface area contributed by atoms with E-state index in [2.05, 4.69) is 22.2 Å². The second kappa shape index (κ2) is 6.52. The number of aromatic nitrogens is 2. The quantitative estimate of drug-likeness (QED) is 0.776. The van der Waals surface area contributed by atoms with Gasteiger partial charge < -0.3 is 14.8 Å². The monoisotopic (exact) mass is 309 g/mol. The predicted octanol–water partition coefficient (Wildman–Crippen LogP) is 3.82. The van der Waals surface area contributed by atoms with Crippen LogP contribution in [0, 0.1) is 0 Å². The van der Waals surface area contributed by atoms with Crippen LogP contribution in [-0.4, -0.2) is 24.2 Å². The zero-order chi connectivity index (χ0) is 16.2. The van der Waals surface area contributed by atoms with Crippen molar-refractivity contribution >= 4 is 16.7 Å². The van der Waals surface area contributed by atoms with Crippen LogP contribution in [0.3, 0.4) is 0 Å². The summed E-state index contributed by atoms with van der Waals surface area (Å²) in [6.45, 7) is 2.07. The Bertz CT molecular complexity index is 815. The van der Waals surface area contributed by atoms with Gasteiger partial charge in [-0.2, -0.15) is 0 Å². The van der Waals surface area contributed by atoms with Crippen molar-refractivity contribution < 1.29 is 9.47 Å². The number of rotatable bonds is 5. The molecule has 1 unspecified atom stereocenters. The number of nitrogens with zero attached hydrogens (tertiary/aromatic N) is 2. The van der Waals surface area contributed by atoms with Crippen LogP contribution in [0.5, 0.6) is 11.5 Å². The molecule has 0 radical (unpaired) electrons. The van der Waals surface area contributed by atoms with Crippen LogP contribution < -0.4 is 14.8 Å². The van der Waals surface area contributed by atoms with E-state index in [0.29, 0.717) is 0 Å². The maximum absolute atomic E-state index is 5.48. The van der Waals surface area contributed by atoms with Gasteiger partial charge in [0.05, 0.1) is 25.8 Å². The molecular formula is C18H19N3O2. The summed E-state index contributed by atoms with van der Waals surface area (Å²) in [4.78, 5) is 8.66. The topological polar surface area (TPSA) is 56.3 Å². The van der Waals surface area contributed by atoms with Crippen molar-refractivity contribution in [3.8, 4) is 11.5 Å². The van der Waals surface area contributed by atoms with Gasteiger partial charge in [-0.1, -0.05) is 12.1 Å². The maximum atomic E-state index is 5.48. The van der Waals surface area contributed by atoms with E-state index in [-0.39, 0.29) is 6.04 Å². The van der Waals surface area contributed by atoms with Gasteiger partial charge >= 0.3 is 0 Å². The van der Waals surface area contributed by atoms with Gasteiger partial charge in [-0.3, -0.25) is 0 Å². The Morgan fingerprint density at radius 1 is 1.00 bits per heavy atom. The summed E-state index contributed by atoms with van der Waals surface area (Å²) in [5.74, 6) is 2.36. The van der Waals surface area contributed by atoms with Crippen molar-refractivity contribution in [3.63, 3.8) is 0 Å². The lowest BCUT2D eigenvalue weighted by Crippen LogP contribution is -2.10. The minimum Gasteiger partial charge on any atom is -0.497 e. The van der Waals surface area contributed by atoms with E-state index in [1.165, 1.54) is 0 Å². The Hall–Kier alpha value is -2.82. The van der Waals surface area contributed by atoms with Gasteiger partial charge in [-0.25, -0.2) is 9.97 Å². The Morgan fingerprint density at radius 2 is 1.83 bits per heavy atom. The molecule has 5 nitrogen and oxygen atoms in total. The van der Waals surface area contributed by atoms with Gasteiger partial charge in [0.2, 0.25) is 0 Å². The number of benzene rings is 2. The fourth-order valence-corrected chi connectivity index (χ4v) is 2.58. The number of anilines is 1. The highest BCUT2D eigenvalue weighted by molar-refractivity contribution is 5.88. The SMILES string of the molecule is COc1ccc(C(C)Nc2ncnc3ccccc23)c(OC)c1. The fourth-order valence-electron chi connectivity index (χ4n) is 2.58. The van der Waals surface area contributed by atoms with Crippen LogP contribution in [-0.2, 0) is 0 Å². The molecule has 3 rings (SSSR count). The molecule has 5 heteroatoms. The van der Waals surface area contributed by atoms with E-state index in [4.69, 9.17) is 9.47 Å². The first-order valence-electron chi connectivity index (χ1n) is 7.41. The Labute approximate surface area is 135 Å². The van der Waals surface area contributed by atoms with E-state index >= 15 is 0 Å². The summed E-state index contributed by atoms with van der Waals surface area (Å²) in [6, 6.07) is 13.8. The van der Waals surface area contributed by atoms with Gasteiger partial charge in [0.25, 0.3) is 0 Å². The lowest BCUT2D eigenvalue weighted by molar-refractivity contribution is 0.390. The standard InChI is InChI=1S/C18H19N3O2/c1-12(14-9-8-13(22-2)10-17(14)23-3)21-18-15-6-4-5-7-16(15)19-11-20-18/h4-12H,1-3H3,(H,19,20,21). The molecule has 0 bridgehead atoms. The third-order valence-electron chi connectivity index (χ3n) is 3.80. The van der Waals surface area contributed by atoms with Crippen LogP contribution in [0.1, 0.15) is 18.5 Å². The van der Waals surface area contributed by atoms with Gasteiger partial charge in [-0.05, 0) is 31.2 Å². The Morgan fingerprint density at radius 3 is 2.61 bits per heavy atom. The zero-order valence-electron chi connectivity index (χ0n) is 13.4. The second-order valence-electron chi connectivity index (χ2n) is 5.21. The van der Waals surface area contributed by atoms with Crippen molar-refractivity contribution in [1.82, 2.24) is 9.97 Å². The molecule has 3 aromatic rings. The number of hydrogen-bond donors (Lipinski definition) is 1. The second-order valence-corrected chi connectivity index (χ2v) is 5.21. The van der Waals surface area contributed by atoms with E-state index in [0.717, 1.165) is 33.8 Å². The summed E-state index contributed by atoms with van der Waals surface area (Å²) < 4.78 is 10.7. The molecule has 2 aromatic carbocycles. The molecule has 1 heterocycles. The van der Waals surface area contributed by atoms with Crippen molar-refractivity contribution in [3.05, 3.63) is 54.4 Å². The van der Waals surface area contributed by atoms with Crippen molar-refractivity contribution in [2.75, 3.05) is 19.5 Å². The maximum Gasteiger partial charge on any atom is 0.137 e. The molecule has 0 aliphatic heterocycles. The minimum atomic E-state index is 0.0224. The summed E-state index contributed by atoms with van der Waals surface area (Å²) in [7, 11) is 3.30. The first kappa shape index (κ1) is 15.1. The van der Waals surface area contributed by atoms with Crippen molar-refractivity contribution in [1.29, 1.82) is 0 Å².